The highest BCUT2D eigenvalue weighted by molar-refractivity contribution is 7.98. The second-order valence-electron chi connectivity index (χ2n) is 6.38. The van der Waals surface area contributed by atoms with Gasteiger partial charge in [0.15, 0.2) is 0 Å². The third kappa shape index (κ3) is 4.66. The Morgan fingerprint density at radius 2 is 1.83 bits per heavy atom. The number of carbonyl (C=O) groups is 1. The number of benzene rings is 3. The smallest absolute Gasteiger partial charge is 0.255 e. The molecule has 0 aliphatic heterocycles. The first-order chi connectivity index (χ1) is 14.7. The molecule has 8 heteroatoms. The lowest BCUT2D eigenvalue weighted by atomic mass is 10.2. The Morgan fingerprint density at radius 3 is 2.60 bits per heavy atom. The van der Waals surface area contributed by atoms with Crippen molar-refractivity contribution in [2.24, 2.45) is 0 Å². The van der Waals surface area contributed by atoms with Crippen LogP contribution < -0.4 is 10.1 Å². The summed E-state index contributed by atoms with van der Waals surface area (Å²) >= 11 is 1.44. The molecule has 1 aromatic heterocycles. The number of hydrogen-bond acceptors (Lipinski definition) is 6. The molecule has 0 saturated carbocycles. The van der Waals surface area contributed by atoms with Crippen molar-refractivity contribution < 1.29 is 9.53 Å². The molecule has 0 unspecified atom stereocenters. The van der Waals surface area contributed by atoms with Gasteiger partial charge in [-0.2, -0.15) is 4.68 Å². The number of tetrazole rings is 1. The number of thioether (sulfide) groups is 1. The fraction of sp³-hybridized carbons (Fsp3) is 0.0909. The van der Waals surface area contributed by atoms with E-state index in [1.807, 2.05) is 60.9 Å². The molecule has 0 fully saturated rings. The van der Waals surface area contributed by atoms with Gasteiger partial charge in [0.25, 0.3) is 5.91 Å². The Balaban J connectivity index is 1.41. The molecule has 1 N–H and O–H groups in total. The lowest BCUT2D eigenvalue weighted by molar-refractivity contribution is 0.102. The molecule has 0 aliphatic carbocycles. The normalized spacial score (nSPS) is 10.6. The Labute approximate surface area is 178 Å². The SMILES string of the molecule is CSc1nnnn1-c1cccc(NC(=O)c2ccc(OCc3ccccc3)cc2)c1. The molecule has 0 saturated heterocycles. The van der Waals surface area contributed by atoms with Crippen LogP contribution in [0.3, 0.4) is 0 Å². The first kappa shape index (κ1) is 19.7. The fourth-order valence-electron chi connectivity index (χ4n) is 2.83. The molecule has 3 aromatic carbocycles. The minimum Gasteiger partial charge on any atom is -0.489 e. The molecular formula is C22H19N5O2S. The number of ether oxygens (including phenoxy) is 1. The van der Waals surface area contributed by atoms with E-state index < -0.39 is 0 Å². The summed E-state index contributed by atoms with van der Waals surface area (Å²) in [5.41, 5.74) is 3.06. The van der Waals surface area contributed by atoms with Gasteiger partial charge in [-0.1, -0.05) is 48.2 Å². The fourth-order valence-corrected chi connectivity index (χ4v) is 3.26. The van der Waals surface area contributed by atoms with Crippen molar-refractivity contribution in [3.63, 3.8) is 0 Å². The van der Waals surface area contributed by atoms with Gasteiger partial charge in [0.05, 0.1) is 5.69 Å². The molecule has 4 aromatic rings. The molecule has 1 amide bonds. The van der Waals surface area contributed by atoms with Gasteiger partial charge in [0.1, 0.15) is 12.4 Å². The number of nitrogens with zero attached hydrogens (tertiary/aromatic N) is 4. The topological polar surface area (TPSA) is 81.9 Å². The monoisotopic (exact) mass is 417 g/mol. The van der Waals surface area contributed by atoms with Gasteiger partial charge in [-0.25, -0.2) is 0 Å². The second-order valence-corrected chi connectivity index (χ2v) is 7.15. The van der Waals surface area contributed by atoms with Crippen LogP contribution >= 0.6 is 11.8 Å². The maximum absolute atomic E-state index is 12.6. The molecule has 150 valence electrons. The highest BCUT2D eigenvalue weighted by Crippen LogP contribution is 2.20. The van der Waals surface area contributed by atoms with Gasteiger partial charge in [0.2, 0.25) is 5.16 Å². The van der Waals surface area contributed by atoms with E-state index in [-0.39, 0.29) is 5.91 Å². The zero-order valence-electron chi connectivity index (χ0n) is 16.2. The highest BCUT2D eigenvalue weighted by atomic mass is 32.2. The number of nitrogens with one attached hydrogen (secondary N) is 1. The summed E-state index contributed by atoms with van der Waals surface area (Å²) in [7, 11) is 0. The van der Waals surface area contributed by atoms with Crippen molar-refractivity contribution >= 4 is 23.4 Å². The summed E-state index contributed by atoms with van der Waals surface area (Å²) in [4.78, 5) is 12.6. The summed E-state index contributed by atoms with van der Waals surface area (Å²) in [5.74, 6) is 0.504. The van der Waals surface area contributed by atoms with E-state index in [1.165, 1.54) is 11.8 Å². The number of hydrogen-bond donors (Lipinski definition) is 1. The van der Waals surface area contributed by atoms with Crippen molar-refractivity contribution in [2.45, 2.75) is 11.8 Å². The van der Waals surface area contributed by atoms with Crippen molar-refractivity contribution in [3.8, 4) is 11.4 Å². The molecule has 0 atom stereocenters. The first-order valence-corrected chi connectivity index (χ1v) is 10.5. The molecule has 0 radical (unpaired) electrons. The molecular weight excluding hydrogens is 398 g/mol. The van der Waals surface area contributed by atoms with Crippen LogP contribution in [0.4, 0.5) is 5.69 Å². The zero-order chi connectivity index (χ0) is 20.8. The van der Waals surface area contributed by atoms with Gasteiger partial charge in [-0.3, -0.25) is 4.79 Å². The van der Waals surface area contributed by atoms with Gasteiger partial charge in [0, 0.05) is 11.3 Å². The van der Waals surface area contributed by atoms with E-state index in [4.69, 9.17) is 4.74 Å². The number of anilines is 1. The maximum atomic E-state index is 12.6. The minimum absolute atomic E-state index is 0.205. The molecule has 4 rings (SSSR count). The Morgan fingerprint density at radius 1 is 1.03 bits per heavy atom. The predicted octanol–water partition coefficient (Wildman–Crippen LogP) is 4.22. The van der Waals surface area contributed by atoms with E-state index in [1.54, 1.807) is 28.9 Å². The number of carbonyl (C=O) groups excluding carboxylic acids is 1. The third-order valence-electron chi connectivity index (χ3n) is 4.34. The molecule has 7 nitrogen and oxygen atoms in total. The zero-order valence-corrected chi connectivity index (χ0v) is 17.0. The van der Waals surface area contributed by atoms with Crippen LogP contribution in [0.2, 0.25) is 0 Å². The highest BCUT2D eigenvalue weighted by Gasteiger charge is 2.10. The molecule has 30 heavy (non-hydrogen) atoms. The van der Waals surface area contributed by atoms with Crippen LogP contribution in [-0.2, 0) is 6.61 Å². The Bertz CT molecular complexity index is 1130. The van der Waals surface area contributed by atoms with Crippen LogP contribution in [0.25, 0.3) is 5.69 Å². The molecule has 0 aliphatic rings. The third-order valence-corrected chi connectivity index (χ3v) is 4.96. The van der Waals surface area contributed by atoms with E-state index in [2.05, 4.69) is 20.8 Å². The minimum atomic E-state index is -0.205. The van der Waals surface area contributed by atoms with E-state index in [9.17, 15) is 4.79 Å². The molecule has 0 spiro atoms. The summed E-state index contributed by atoms with van der Waals surface area (Å²) in [6, 6.07) is 24.4. The summed E-state index contributed by atoms with van der Waals surface area (Å²) in [5, 5.41) is 15.2. The average molecular weight is 417 g/mol. The number of rotatable bonds is 7. The molecule has 0 bridgehead atoms. The van der Waals surface area contributed by atoms with Crippen molar-refractivity contribution in [2.75, 3.05) is 11.6 Å². The quantitative estimate of drug-likeness (QED) is 0.454. The van der Waals surface area contributed by atoms with Gasteiger partial charge in [-0.15, -0.1) is 5.10 Å². The summed E-state index contributed by atoms with van der Waals surface area (Å²) in [6.45, 7) is 0.481. The van der Waals surface area contributed by atoms with Gasteiger partial charge < -0.3 is 10.1 Å². The average Bonchev–Trinajstić information content (AvgIpc) is 3.28. The number of aromatic nitrogens is 4. The maximum Gasteiger partial charge on any atom is 0.255 e. The van der Waals surface area contributed by atoms with Crippen molar-refractivity contribution in [3.05, 3.63) is 90.0 Å². The van der Waals surface area contributed by atoms with Crippen molar-refractivity contribution in [1.82, 2.24) is 20.2 Å². The first-order valence-electron chi connectivity index (χ1n) is 9.24. The van der Waals surface area contributed by atoms with Gasteiger partial charge in [-0.05, 0) is 64.7 Å². The van der Waals surface area contributed by atoms with Crippen LogP contribution in [-0.4, -0.2) is 32.4 Å². The lowest BCUT2D eigenvalue weighted by Crippen LogP contribution is -2.12. The van der Waals surface area contributed by atoms with Crippen LogP contribution in [0.1, 0.15) is 15.9 Å². The van der Waals surface area contributed by atoms with Crippen LogP contribution in [0.15, 0.2) is 84.0 Å². The van der Waals surface area contributed by atoms with E-state index in [0.29, 0.717) is 28.8 Å². The van der Waals surface area contributed by atoms with E-state index in [0.717, 1.165) is 11.3 Å². The summed E-state index contributed by atoms with van der Waals surface area (Å²) < 4.78 is 7.39. The largest absolute Gasteiger partial charge is 0.489 e. The Kier molecular flexibility index (Phi) is 6.05. The van der Waals surface area contributed by atoms with Crippen LogP contribution in [0, 0.1) is 0 Å². The van der Waals surface area contributed by atoms with E-state index >= 15 is 0 Å². The standard InChI is InChI=1S/C22H19N5O2S/c1-30-22-24-25-26-27(22)19-9-5-8-18(14-19)23-21(28)17-10-12-20(13-11-17)29-15-16-6-3-2-4-7-16/h2-14H,15H2,1H3,(H,23,28). The molecule has 1 heterocycles. The second kappa shape index (κ2) is 9.23. The lowest BCUT2D eigenvalue weighted by Gasteiger charge is -2.09. The van der Waals surface area contributed by atoms with Gasteiger partial charge >= 0.3 is 0 Å². The number of amides is 1. The van der Waals surface area contributed by atoms with Crippen molar-refractivity contribution in [1.29, 1.82) is 0 Å². The summed E-state index contributed by atoms with van der Waals surface area (Å²) in [6.07, 6.45) is 1.90. The van der Waals surface area contributed by atoms with Crippen LogP contribution in [0.5, 0.6) is 5.75 Å². The predicted molar refractivity (Wildman–Crippen MR) is 116 cm³/mol. The Hall–Kier alpha value is -3.65.